The van der Waals surface area contributed by atoms with Crippen LogP contribution in [0.15, 0.2) is 12.4 Å². The van der Waals surface area contributed by atoms with Crippen molar-refractivity contribution in [3.8, 4) is 0 Å². The first-order valence-corrected chi connectivity index (χ1v) is 7.16. The van der Waals surface area contributed by atoms with Gasteiger partial charge in [0.1, 0.15) is 18.0 Å². The molecule has 1 fully saturated rings. The van der Waals surface area contributed by atoms with Gasteiger partial charge < -0.3 is 15.5 Å². The van der Waals surface area contributed by atoms with Crippen molar-refractivity contribution in [1.29, 1.82) is 0 Å². The summed E-state index contributed by atoms with van der Waals surface area (Å²) in [6, 6.07) is 2.47. The molecule has 0 amide bonds. The molecule has 106 valence electrons. The van der Waals surface area contributed by atoms with Crippen LogP contribution in [0.3, 0.4) is 0 Å². The summed E-state index contributed by atoms with van der Waals surface area (Å²) in [7, 11) is 2.06. The Morgan fingerprint density at radius 3 is 2.79 bits per heavy atom. The van der Waals surface area contributed by atoms with Crippen LogP contribution in [0.2, 0.25) is 0 Å². The standard InChI is InChI=1S/C14H25N5/c1-11(2)19(3)14-8-13(17-10-18-14)16-9-12-4-6-15-7-5-12/h8,10-12,15H,4-7,9H2,1-3H3,(H,16,17,18). The Labute approximate surface area is 115 Å². The van der Waals surface area contributed by atoms with E-state index in [1.54, 1.807) is 6.33 Å². The van der Waals surface area contributed by atoms with Crippen LogP contribution in [0.4, 0.5) is 11.6 Å². The van der Waals surface area contributed by atoms with Crippen molar-refractivity contribution in [2.75, 3.05) is 36.9 Å². The molecule has 0 aromatic carbocycles. The minimum Gasteiger partial charge on any atom is -0.370 e. The Hall–Kier alpha value is -1.36. The van der Waals surface area contributed by atoms with Crippen molar-refractivity contribution < 1.29 is 0 Å². The molecule has 2 N–H and O–H groups in total. The highest BCUT2D eigenvalue weighted by atomic mass is 15.2. The summed E-state index contributed by atoms with van der Waals surface area (Å²) in [6.07, 6.45) is 4.13. The fourth-order valence-electron chi connectivity index (χ4n) is 2.24. The van der Waals surface area contributed by atoms with Gasteiger partial charge in [0.25, 0.3) is 0 Å². The van der Waals surface area contributed by atoms with Gasteiger partial charge in [-0.25, -0.2) is 9.97 Å². The van der Waals surface area contributed by atoms with Gasteiger partial charge in [0.15, 0.2) is 0 Å². The zero-order valence-corrected chi connectivity index (χ0v) is 12.2. The van der Waals surface area contributed by atoms with Crippen molar-refractivity contribution in [3.63, 3.8) is 0 Å². The van der Waals surface area contributed by atoms with Gasteiger partial charge in [-0.3, -0.25) is 0 Å². The van der Waals surface area contributed by atoms with Crippen molar-refractivity contribution in [2.24, 2.45) is 5.92 Å². The maximum Gasteiger partial charge on any atom is 0.134 e. The van der Waals surface area contributed by atoms with Crippen molar-refractivity contribution in [3.05, 3.63) is 12.4 Å². The van der Waals surface area contributed by atoms with E-state index in [1.165, 1.54) is 12.8 Å². The molecule has 0 bridgehead atoms. The van der Waals surface area contributed by atoms with Gasteiger partial charge >= 0.3 is 0 Å². The summed E-state index contributed by atoms with van der Waals surface area (Å²) in [5, 5.41) is 6.83. The molecule has 0 radical (unpaired) electrons. The lowest BCUT2D eigenvalue weighted by Crippen LogP contribution is -2.31. The van der Waals surface area contributed by atoms with Gasteiger partial charge in [-0.05, 0) is 45.7 Å². The summed E-state index contributed by atoms with van der Waals surface area (Å²) < 4.78 is 0. The number of rotatable bonds is 5. The summed E-state index contributed by atoms with van der Waals surface area (Å²) in [5.41, 5.74) is 0. The smallest absolute Gasteiger partial charge is 0.134 e. The van der Waals surface area contributed by atoms with Crippen LogP contribution in [-0.2, 0) is 0 Å². The Bertz CT molecular complexity index is 387. The number of piperidine rings is 1. The Balaban J connectivity index is 1.91. The fourth-order valence-corrected chi connectivity index (χ4v) is 2.24. The lowest BCUT2D eigenvalue weighted by atomic mass is 9.98. The van der Waals surface area contributed by atoms with Gasteiger partial charge in [0.2, 0.25) is 0 Å². The summed E-state index contributed by atoms with van der Waals surface area (Å²) >= 11 is 0. The molecule has 19 heavy (non-hydrogen) atoms. The second-order valence-corrected chi connectivity index (χ2v) is 5.54. The average Bonchev–Trinajstić information content (AvgIpc) is 2.45. The fraction of sp³-hybridized carbons (Fsp3) is 0.714. The number of aromatic nitrogens is 2. The Morgan fingerprint density at radius 1 is 1.37 bits per heavy atom. The molecule has 2 heterocycles. The minimum atomic E-state index is 0.437. The summed E-state index contributed by atoms with van der Waals surface area (Å²) in [5.74, 6) is 2.65. The molecule has 1 saturated heterocycles. The van der Waals surface area contributed by atoms with Gasteiger partial charge in [-0.2, -0.15) is 0 Å². The molecule has 0 atom stereocenters. The van der Waals surface area contributed by atoms with E-state index in [4.69, 9.17) is 0 Å². The van der Waals surface area contributed by atoms with Gasteiger partial charge in [0.05, 0.1) is 0 Å². The molecular formula is C14H25N5. The molecule has 5 heteroatoms. The van der Waals surface area contributed by atoms with Crippen LogP contribution in [0.25, 0.3) is 0 Å². The predicted molar refractivity (Wildman–Crippen MR) is 79.7 cm³/mol. The zero-order valence-electron chi connectivity index (χ0n) is 12.2. The number of nitrogens with zero attached hydrogens (tertiary/aromatic N) is 3. The molecule has 5 nitrogen and oxygen atoms in total. The normalized spacial score (nSPS) is 16.6. The van der Waals surface area contributed by atoms with E-state index in [0.29, 0.717) is 6.04 Å². The highest BCUT2D eigenvalue weighted by molar-refractivity contribution is 5.48. The molecule has 0 saturated carbocycles. The third-order valence-corrected chi connectivity index (χ3v) is 3.82. The van der Waals surface area contributed by atoms with Crippen LogP contribution < -0.4 is 15.5 Å². The van der Waals surface area contributed by atoms with Crippen LogP contribution in [0, 0.1) is 5.92 Å². The van der Waals surface area contributed by atoms with Crippen LogP contribution >= 0.6 is 0 Å². The van der Waals surface area contributed by atoms with Crippen LogP contribution in [0.1, 0.15) is 26.7 Å². The summed E-state index contributed by atoms with van der Waals surface area (Å²) in [4.78, 5) is 10.8. The quantitative estimate of drug-likeness (QED) is 0.847. The van der Waals surface area contributed by atoms with Crippen molar-refractivity contribution in [2.45, 2.75) is 32.7 Å². The number of hydrogen-bond acceptors (Lipinski definition) is 5. The van der Waals surface area contributed by atoms with Crippen molar-refractivity contribution >= 4 is 11.6 Å². The molecule has 1 aliphatic rings. The largest absolute Gasteiger partial charge is 0.370 e. The Kier molecular flexibility index (Phi) is 4.96. The third-order valence-electron chi connectivity index (χ3n) is 3.82. The van der Waals surface area contributed by atoms with E-state index < -0.39 is 0 Å². The third kappa shape index (κ3) is 4.06. The van der Waals surface area contributed by atoms with Crippen LogP contribution in [0.5, 0.6) is 0 Å². The van der Waals surface area contributed by atoms with E-state index in [2.05, 4.69) is 46.4 Å². The first-order chi connectivity index (χ1) is 9.16. The monoisotopic (exact) mass is 263 g/mol. The lowest BCUT2D eigenvalue weighted by Gasteiger charge is -2.24. The van der Waals surface area contributed by atoms with Gasteiger partial charge in [0, 0.05) is 25.7 Å². The number of anilines is 2. The molecule has 2 rings (SSSR count). The Morgan fingerprint density at radius 2 is 2.11 bits per heavy atom. The van der Waals surface area contributed by atoms with E-state index in [0.717, 1.165) is 37.2 Å². The first kappa shape index (κ1) is 14.1. The van der Waals surface area contributed by atoms with Crippen LogP contribution in [-0.4, -0.2) is 42.7 Å². The van der Waals surface area contributed by atoms with Crippen molar-refractivity contribution in [1.82, 2.24) is 15.3 Å². The second-order valence-electron chi connectivity index (χ2n) is 5.54. The van der Waals surface area contributed by atoms with Gasteiger partial charge in [-0.1, -0.05) is 0 Å². The highest BCUT2D eigenvalue weighted by Gasteiger charge is 2.13. The molecule has 0 unspecified atom stereocenters. The predicted octanol–water partition coefficient (Wildman–Crippen LogP) is 1.73. The van der Waals surface area contributed by atoms with Gasteiger partial charge in [-0.15, -0.1) is 0 Å². The van der Waals surface area contributed by atoms with E-state index in [1.807, 2.05) is 6.07 Å². The zero-order chi connectivity index (χ0) is 13.7. The molecule has 0 aliphatic carbocycles. The number of nitrogens with one attached hydrogen (secondary N) is 2. The molecule has 1 aromatic heterocycles. The van der Waals surface area contributed by atoms with E-state index >= 15 is 0 Å². The maximum absolute atomic E-state index is 4.32. The molecule has 1 aliphatic heterocycles. The number of hydrogen-bond donors (Lipinski definition) is 2. The maximum atomic E-state index is 4.32. The summed E-state index contributed by atoms with van der Waals surface area (Å²) in [6.45, 7) is 7.59. The lowest BCUT2D eigenvalue weighted by molar-refractivity contribution is 0.389. The molecule has 1 aromatic rings. The topological polar surface area (TPSA) is 53.1 Å². The molecular weight excluding hydrogens is 238 g/mol. The minimum absolute atomic E-state index is 0.437. The molecule has 0 spiro atoms. The second kappa shape index (κ2) is 6.70. The average molecular weight is 263 g/mol. The van der Waals surface area contributed by atoms with E-state index in [-0.39, 0.29) is 0 Å². The van der Waals surface area contributed by atoms with E-state index in [9.17, 15) is 0 Å². The SMILES string of the molecule is CC(C)N(C)c1cc(NCC2CCNCC2)ncn1. The highest BCUT2D eigenvalue weighted by Crippen LogP contribution is 2.16. The first-order valence-electron chi connectivity index (χ1n) is 7.16.